The number of aromatic nitrogens is 2. The number of ether oxygens (including phenoxy) is 1. The Labute approximate surface area is 156 Å². The van der Waals surface area contributed by atoms with Gasteiger partial charge in [-0.1, -0.05) is 6.07 Å². The molecule has 2 aliphatic rings. The van der Waals surface area contributed by atoms with Crippen LogP contribution in [0.25, 0.3) is 10.7 Å². The predicted octanol–water partition coefficient (Wildman–Crippen LogP) is 1.16. The minimum Gasteiger partial charge on any atom is -0.373 e. The third kappa shape index (κ3) is 3.65. The van der Waals surface area contributed by atoms with Crippen molar-refractivity contribution in [2.75, 3.05) is 24.7 Å². The molecule has 4 rings (SSSR count). The molecule has 9 heteroatoms. The Morgan fingerprint density at radius 1 is 1.35 bits per heavy atom. The van der Waals surface area contributed by atoms with Gasteiger partial charge >= 0.3 is 0 Å². The lowest BCUT2D eigenvalue weighted by Gasteiger charge is -2.36. The topological polar surface area (TPSA) is 89.5 Å². The van der Waals surface area contributed by atoms with Crippen LogP contribution in [0.5, 0.6) is 0 Å². The van der Waals surface area contributed by atoms with Gasteiger partial charge in [0.25, 0.3) is 0 Å². The molecule has 2 aromatic rings. The van der Waals surface area contributed by atoms with Gasteiger partial charge in [0.15, 0.2) is 9.84 Å². The molecular formula is C17H19N3O4S2. The van der Waals surface area contributed by atoms with Gasteiger partial charge in [-0.3, -0.25) is 9.78 Å². The molecule has 1 amide bonds. The number of hydrogen-bond acceptors (Lipinski definition) is 7. The summed E-state index contributed by atoms with van der Waals surface area (Å²) in [6.07, 6.45) is 2.19. The Bertz CT molecular complexity index is 898. The number of carbonyl (C=O) groups excluding carboxylic acids is 1. The van der Waals surface area contributed by atoms with Crippen LogP contribution in [0.4, 0.5) is 0 Å². The molecule has 0 aliphatic carbocycles. The Kier molecular flexibility index (Phi) is 4.76. The molecule has 2 aliphatic heterocycles. The summed E-state index contributed by atoms with van der Waals surface area (Å²) >= 11 is 1.51. The number of fused-ring (bicyclic) bond motifs is 1. The van der Waals surface area contributed by atoms with Crippen LogP contribution in [0.1, 0.15) is 12.1 Å². The molecule has 0 bridgehead atoms. The quantitative estimate of drug-likeness (QED) is 0.774. The first-order valence-corrected chi connectivity index (χ1v) is 11.2. The maximum atomic E-state index is 12.6. The molecule has 2 atom stereocenters. The van der Waals surface area contributed by atoms with Crippen molar-refractivity contribution in [1.29, 1.82) is 0 Å². The van der Waals surface area contributed by atoms with Gasteiger partial charge in [-0.15, -0.1) is 11.3 Å². The van der Waals surface area contributed by atoms with Crippen molar-refractivity contribution >= 4 is 27.1 Å². The highest BCUT2D eigenvalue weighted by Gasteiger charge is 2.45. The van der Waals surface area contributed by atoms with E-state index in [0.29, 0.717) is 26.0 Å². The van der Waals surface area contributed by atoms with Gasteiger partial charge in [-0.05, 0) is 18.6 Å². The summed E-state index contributed by atoms with van der Waals surface area (Å²) in [6.45, 7) is 0.842. The molecule has 0 saturated carbocycles. The summed E-state index contributed by atoms with van der Waals surface area (Å²) in [7, 11) is -3.13. The van der Waals surface area contributed by atoms with E-state index < -0.39 is 9.84 Å². The van der Waals surface area contributed by atoms with Gasteiger partial charge in [-0.25, -0.2) is 13.4 Å². The van der Waals surface area contributed by atoms with Crippen LogP contribution in [-0.4, -0.2) is 66.0 Å². The highest BCUT2D eigenvalue weighted by molar-refractivity contribution is 7.91. The number of thiazole rings is 1. The molecule has 0 spiro atoms. The first-order chi connectivity index (χ1) is 12.5. The van der Waals surface area contributed by atoms with Gasteiger partial charge in [0, 0.05) is 24.5 Å². The van der Waals surface area contributed by atoms with Gasteiger partial charge in [-0.2, -0.15) is 0 Å². The van der Waals surface area contributed by atoms with E-state index in [-0.39, 0.29) is 29.6 Å². The van der Waals surface area contributed by atoms with E-state index in [1.807, 2.05) is 23.6 Å². The van der Waals surface area contributed by atoms with E-state index in [1.165, 1.54) is 11.3 Å². The van der Waals surface area contributed by atoms with E-state index in [0.717, 1.165) is 16.4 Å². The van der Waals surface area contributed by atoms with E-state index in [1.54, 1.807) is 11.1 Å². The third-order valence-corrected chi connectivity index (χ3v) is 7.29. The van der Waals surface area contributed by atoms with E-state index in [4.69, 9.17) is 4.74 Å². The zero-order valence-electron chi connectivity index (χ0n) is 14.1. The van der Waals surface area contributed by atoms with E-state index in [2.05, 4.69) is 9.97 Å². The second-order valence-corrected chi connectivity index (χ2v) is 9.51. The van der Waals surface area contributed by atoms with Crippen LogP contribution < -0.4 is 0 Å². The van der Waals surface area contributed by atoms with Crippen molar-refractivity contribution in [3.8, 4) is 10.7 Å². The number of nitrogens with zero attached hydrogens (tertiary/aromatic N) is 3. The van der Waals surface area contributed by atoms with Crippen LogP contribution in [-0.2, 0) is 25.8 Å². The fourth-order valence-electron chi connectivity index (χ4n) is 3.43. The van der Waals surface area contributed by atoms with Crippen molar-refractivity contribution in [2.45, 2.75) is 25.0 Å². The third-order valence-electron chi connectivity index (χ3n) is 4.69. The molecule has 138 valence electrons. The first-order valence-electron chi connectivity index (χ1n) is 8.49. The SMILES string of the molecule is O=C(CCc1csc(-c2ccccn2)n1)N1CCOC2CS(=O)(=O)CC21. The average molecular weight is 393 g/mol. The molecule has 26 heavy (non-hydrogen) atoms. The van der Waals surface area contributed by atoms with Crippen molar-refractivity contribution in [3.05, 3.63) is 35.5 Å². The molecule has 2 unspecified atom stereocenters. The standard InChI is InChI=1S/C17H19N3O4S2/c21-16(20-7-8-24-15-11-26(22,23)10-14(15)20)5-4-12-9-25-17(19-12)13-3-1-2-6-18-13/h1-3,6,9,14-15H,4-5,7-8,10-11H2. The Morgan fingerprint density at radius 3 is 3.04 bits per heavy atom. The molecule has 2 aromatic heterocycles. The van der Waals surface area contributed by atoms with Crippen molar-refractivity contribution in [2.24, 2.45) is 0 Å². The summed E-state index contributed by atoms with van der Waals surface area (Å²) in [6, 6.07) is 5.33. The number of aryl methyl sites for hydroxylation is 1. The van der Waals surface area contributed by atoms with Gasteiger partial charge in [0.05, 0.1) is 41.6 Å². The number of pyridine rings is 1. The summed E-state index contributed by atoms with van der Waals surface area (Å²) in [5.41, 5.74) is 1.68. The number of sulfone groups is 1. The number of amides is 1. The molecule has 0 radical (unpaired) electrons. The largest absolute Gasteiger partial charge is 0.373 e. The maximum Gasteiger partial charge on any atom is 0.223 e. The molecule has 2 saturated heterocycles. The van der Waals surface area contributed by atoms with E-state index in [9.17, 15) is 13.2 Å². The van der Waals surface area contributed by atoms with Crippen LogP contribution in [0.3, 0.4) is 0 Å². The van der Waals surface area contributed by atoms with Gasteiger partial charge in [0.2, 0.25) is 5.91 Å². The molecule has 4 heterocycles. The minimum absolute atomic E-state index is 0.00390. The lowest BCUT2D eigenvalue weighted by atomic mass is 10.1. The lowest BCUT2D eigenvalue weighted by Crippen LogP contribution is -2.53. The van der Waals surface area contributed by atoms with Crippen molar-refractivity contribution in [3.63, 3.8) is 0 Å². The monoisotopic (exact) mass is 393 g/mol. The lowest BCUT2D eigenvalue weighted by molar-refractivity contribution is -0.142. The zero-order valence-corrected chi connectivity index (χ0v) is 15.7. The highest BCUT2D eigenvalue weighted by atomic mass is 32.2. The van der Waals surface area contributed by atoms with Crippen LogP contribution in [0, 0.1) is 0 Å². The summed E-state index contributed by atoms with van der Waals surface area (Å²) in [5.74, 6) is -0.0157. The molecule has 2 fully saturated rings. The van der Waals surface area contributed by atoms with Crippen molar-refractivity contribution in [1.82, 2.24) is 14.9 Å². The highest BCUT2D eigenvalue weighted by Crippen LogP contribution is 2.26. The van der Waals surface area contributed by atoms with E-state index >= 15 is 0 Å². The maximum absolute atomic E-state index is 12.6. The average Bonchev–Trinajstić information content (AvgIpc) is 3.22. The second kappa shape index (κ2) is 7.05. The second-order valence-electron chi connectivity index (χ2n) is 6.50. The van der Waals surface area contributed by atoms with Crippen LogP contribution in [0.2, 0.25) is 0 Å². The summed E-state index contributed by atoms with van der Waals surface area (Å²) in [5, 5.41) is 2.78. The predicted molar refractivity (Wildman–Crippen MR) is 97.6 cm³/mol. The number of hydrogen-bond donors (Lipinski definition) is 0. The fourth-order valence-corrected chi connectivity index (χ4v) is 6.13. The van der Waals surface area contributed by atoms with Gasteiger partial charge in [0.1, 0.15) is 5.01 Å². The Hall–Kier alpha value is -1.84. The molecule has 7 nitrogen and oxygen atoms in total. The molecule has 0 aromatic carbocycles. The minimum atomic E-state index is -3.13. The summed E-state index contributed by atoms with van der Waals surface area (Å²) < 4.78 is 29.2. The Morgan fingerprint density at radius 2 is 2.23 bits per heavy atom. The fraction of sp³-hybridized carbons (Fsp3) is 0.471. The number of morpholine rings is 1. The normalized spacial score (nSPS) is 24.4. The Balaban J connectivity index is 1.39. The summed E-state index contributed by atoms with van der Waals surface area (Å²) in [4.78, 5) is 23.2. The zero-order chi connectivity index (χ0) is 18.1. The van der Waals surface area contributed by atoms with Gasteiger partial charge < -0.3 is 9.64 Å². The number of rotatable bonds is 4. The van der Waals surface area contributed by atoms with Crippen LogP contribution >= 0.6 is 11.3 Å². The smallest absolute Gasteiger partial charge is 0.223 e. The first kappa shape index (κ1) is 17.6. The molecule has 0 N–H and O–H groups in total. The van der Waals surface area contributed by atoms with Crippen LogP contribution in [0.15, 0.2) is 29.8 Å². The molecular weight excluding hydrogens is 374 g/mol. The van der Waals surface area contributed by atoms with Crippen molar-refractivity contribution < 1.29 is 17.9 Å². The number of carbonyl (C=O) groups is 1.